The van der Waals surface area contributed by atoms with E-state index in [1.54, 1.807) is 12.3 Å². The van der Waals surface area contributed by atoms with E-state index < -0.39 is 17.5 Å². The maximum absolute atomic E-state index is 13.5. The molecule has 0 radical (unpaired) electrons. The van der Waals surface area contributed by atoms with E-state index in [2.05, 4.69) is 30.6 Å². The molecule has 2 aromatic heterocycles. The standard InChI is InChI=1S/C24H29ClFN7O2/c1-24(2,3)35-22(34)19(27)13-4-6-14(7-5-13)32-23-28-11-18-20(33-23)21(30-12-29-18)31-15-8-9-17(26)16(25)10-15/h8-14,19H,4-7,27H2,1-3H3,(H,28,32,33)(H,29,30,31). The van der Waals surface area contributed by atoms with Crippen LogP contribution in [0.5, 0.6) is 0 Å². The van der Waals surface area contributed by atoms with Gasteiger partial charge in [-0.3, -0.25) is 4.79 Å². The van der Waals surface area contributed by atoms with Crippen molar-refractivity contribution in [3.8, 4) is 0 Å². The predicted octanol–water partition coefficient (Wildman–Crippen LogP) is 4.60. The molecule has 35 heavy (non-hydrogen) atoms. The largest absolute Gasteiger partial charge is 0.459 e. The molecule has 1 saturated carbocycles. The summed E-state index contributed by atoms with van der Waals surface area (Å²) in [6.45, 7) is 5.51. The van der Waals surface area contributed by atoms with Crippen LogP contribution >= 0.6 is 11.6 Å². The highest BCUT2D eigenvalue weighted by molar-refractivity contribution is 6.31. The molecule has 1 atom stereocenters. The Hall–Kier alpha value is -3.11. The Morgan fingerprint density at radius 2 is 1.94 bits per heavy atom. The summed E-state index contributed by atoms with van der Waals surface area (Å²) in [7, 11) is 0. The molecule has 1 aromatic carbocycles. The third-order valence-corrected chi connectivity index (χ3v) is 6.14. The highest BCUT2D eigenvalue weighted by atomic mass is 35.5. The molecule has 0 amide bonds. The molecule has 0 saturated heterocycles. The van der Waals surface area contributed by atoms with Crippen LogP contribution in [0.1, 0.15) is 46.5 Å². The van der Waals surface area contributed by atoms with Gasteiger partial charge in [-0.05, 0) is 70.6 Å². The molecule has 2 heterocycles. The maximum atomic E-state index is 13.5. The first-order chi connectivity index (χ1) is 16.6. The Balaban J connectivity index is 1.41. The van der Waals surface area contributed by atoms with Crippen LogP contribution < -0.4 is 16.4 Å². The highest BCUT2D eigenvalue weighted by Gasteiger charge is 2.32. The Morgan fingerprint density at radius 1 is 1.20 bits per heavy atom. The van der Waals surface area contributed by atoms with E-state index in [0.717, 1.165) is 25.7 Å². The summed E-state index contributed by atoms with van der Waals surface area (Å²) < 4.78 is 18.9. The molecule has 1 aliphatic carbocycles. The second-order valence-corrected chi connectivity index (χ2v) is 10.1. The fourth-order valence-corrected chi connectivity index (χ4v) is 4.27. The third-order valence-electron chi connectivity index (χ3n) is 5.85. The fraction of sp³-hybridized carbons (Fsp3) is 0.458. The van der Waals surface area contributed by atoms with Crippen molar-refractivity contribution in [2.75, 3.05) is 10.6 Å². The number of anilines is 3. The van der Waals surface area contributed by atoms with Crippen molar-refractivity contribution >= 4 is 46.1 Å². The number of carbonyl (C=O) groups is 1. The molecule has 1 unspecified atom stereocenters. The summed E-state index contributed by atoms with van der Waals surface area (Å²) in [4.78, 5) is 29.8. The quantitative estimate of drug-likeness (QED) is 0.415. The number of nitrogens with one attached hydrogen (secondary N) is 2. The van der Waals surface area contributed by atoms with E-state index in [1.807, 2.05) is 20.8 Å². The summed E-state index contributed by atoms with van der Waals surface area (Å²) >= 11 is 5.89. The van der Waals surface area contributed by atoms with Gasteiger partial charge in [0.15, 0.2) is 5.82 Å². The summed E-state index contributed by atoms with van der Waals surface area (Å²) in [6.07, 6.45) is 6.28. The van der Waals surface area contributed by atoms with E-state index in [4.69, 9.17) is 22.1 Å². The second-order valence-electron chi connectivity index (χ2n) is 9.72. The van der Waals surface area contributed by atoms with Gasteiger partial charge in [0.1, 0.15) is 34.8 Å². The number of benzene rings is 1. The third kappa shape index (κ3) is 6.32. The molecule has 4 N–H and O–H groups in total. The zero-order valence-corrected chi connectivity index (χ0v) is 20.6. The van der Waals surface area contributed by atoms with Gasteiger partial charge in [0.2, 0.25) is 5.95 Å². The number of rotatable bonds is 6. The molecule has 9 nitrogen and oxygen atoms in total. The van der Waals surface area contributed by atoms with Crippen LogP contribution in [0.2, 0.25) is 5.02 Å². The summed E-state index contributed by atoms with van der Waals surface area (Å²) in [5, 5.41) is 6.49. The van der Waals surface area contributed by atoms with Crippen molar-refractivity contribution < 1.29 is 13.9 Å². The number of esters is 1. The number of aromatic nitrogens is 4. The van der Waals surface area contributed by atoms with Crippen LogP contribution in [0.3, 0.4) is 0 Å². The van der Waals surface area contributed by atoms with Crippen molar-refractivity contribution in [2.24, 2.45) is 11.7 Å². The molecular weight excluding hydrogens is 473 g/mol. The van der Waals surface area contributed by atoms with E-state index in [1.165, 1.54) is 18.5 Å². The summed E-state index contributed by atoms with van der Waals surface area (Å²) in [5.74, 6) is 0.129. The number of ether oxygens (including phenoxy) is 1. The van der Waals surface area contributed by atoms with Crippen molar-refractivity contribution in [1.82, 2.24) is 19.9 Å². The second kappa shape index (κ2) is 10.2. The molecule has 4 rings (SSSR count). The zero-order chi connectivity index (χ0) is 25.2. The molecule has 186 valence electrons. The molecule has 3 aromatic rings. The monoisotopic (exact) mass is 501 g/mol. The minimum absolute atomic E-state index is 0.00679. The van der Waals surface area contributed by atoms with Crippen molar-refractivity contribution in [3.05, 3.63) is 41.6 Å². The Morgan fingerprint density at radius 3 is 2.63 bits per heavy atom. The number of nitrogens with two attached hydrogens (primary N) is 1. The Bertz CT molecular complexity index is 1210. The summed E-state index contributed by atoms with van der Waals surface area (Å²) in [6, 6.07) is 3.84. The topological polar surface area (TPSA) is 128 Å². The van der Waals surface area contributed by atoms with Gasteiger partial charge in [0.25, 0.3) is 0 Å². The van der Waals surface area contributed by atoms with E-state index in [0.29, 0.717) is 28.5 Å². The lowest BCUT2D eigenvalue weighted by Crippen LogP contribution is -2.44. The average molecular weight is 502 g/mol. The minimum Gasteiger partial charge on any atom is -0.459 e. The molecule has 11 heteroatoms. The molecular formula is C24H29ClFN7O2. The van der Waals surface area contributed by atoms with Crippen molar-refractivity contribution in [1.29, 1.82) is 0 Å². The Kier molecular flexibility index (Phi) is 7.32. The molecule has 1 fully saturated rings. The molecule has 0 spiro atoms. The van der Waals surface area contributed by atoms with E-state index >= 15 is 0 Å². The van der Waals surface area contributed by atoms with Gasteiger partial charge in [0.05, 0.1) is 11.2 Å². The number of hydrogen-bond acceptors (Lipinski definition) is 9. The van der Waals surface area contributed by atoms with Crippen LogP contribution in [0.4, 0.5) is 21.8 Å². The summed E-state index contributed by atoms with van der Waals surface area (Å²) in [5.41, 5.74) is 7.29. The van der Waals surface area contributed by atoms with Crippen molar-refractivity contribution in [2.45, 2.75) is 64.1 Å². The lowest BCUT2D eigenvalue weighted by Gasteiger charge is -2.32. The number of halogens is 2. The Labute approximate surface area is 208 Å². The molecule has 1 aliphatic rings. The normalized spacial score (nSPS) is 19.3. The zero-order valence-electron chi connectivity index (χ0n) is 19.9. The first-order valence-corrected chi connectivity index (χ1v) is 11.9. The highest BCUT2D eigenvalue weighted by Crippen LogP contribution is 2.30. The van der Waals surface area contributed by atoms with Gasteiger partial charge >= 0.3 is 5.97 Å². The van der Waals surface area contributed by atoms with E-state index in [-0.39, 0.29) is 23.0 Å². The van der Waals surface area contributed by atoms with Crippen LogP contribution in [0.25, 0.3) is 11.0 Å². The van der Waals surface area contributed by atoms with Crippen LogP contribution in [0, 0.1) is 11.7 Å². The number of hydrogen-bond donors (Lipinski definition) is 3. The van der Waals surface area contributed by atoms with Gasteiger partial charge in [-0.2, -0.15) is 0 Å². The number of carbonyl (C=O) groups excluding carboxylic acids is 1. The van der Waals surface area contributed by atoms with Gasteiger partial charge < -0.3 is 21.1 Å². The first-order valence-electron chi connectivity index (χ1n) is 11.5. The first kappa shape index (κ1) is 25.0. The molecule has 0 bridgehead atoms. The predicted molar refractivity (Wildman–Crippen MR) is 133 cm³/mol. The fourth-order valence-electron chi connectivity index (χ4n) is 4.09. The smallest absolute Gasteiger partial charge is 0.323 e. The number of nitrogens with zero attached hydrogens (tertiary/aromatic N) is 4. The van der Waals surface area contributed by atoms with Gasteiger partial charge in [-0.15, -0.1) is 0 Å². The van der Waals surface area contributed by atoms with Gasteiger partial charge in [-0.1, -0.05) is 11.6 Å². The minimum atomic E-state index is -0.627. The van der Waals surface area contributed by atoms with Crippen LogP contribution in [0.15, 0.2) is 30.7 Å². The average Bonchev–Trinajstić information content (AvgIpc) is 2.81. The number of fused-ring (bicyclic) bond motifs is 1. The van der Waals surface area contributed by atoms with E-state index in [9.17, 15) is 9.18 Å². The van der Waals surface area contributed by atoms with Crippen LogP contribution in [-0.2, 0) is 9.53 Å². The molecule has 0 aliphatic heterocycles. The lowest BCUT2D eigenvalue weighted by atomic mass is 9.82. The van der Waals surface area contributed by atoms with Crippen LogP contribution in [-0.4, -0.2) is 43.6 Å². The van der Waals surface area contributed by atoms with Gasteiger partial charge in [-0.25, -0.2) is 24.3 Å². The maximum Gasteiger partial charge on any atom is 0.323 e. The van der Waals surface area contributed by atoms with Gasteiger partial charge in [0, 0.05) is 11.7 Å². The van der Waals surface area contributed by atoms with Crippen molar-refractivity contribution in [3.63, 3.8) is 0 Å². The SMILES string of the molecule is CC(C)(C)OC(=O)C(N)C1CCC(Nc2ncc3ncnc(Nc4ccc(F)c(Cl)c4)c3n2)CC1. The lowest BCUT2D eigenvalue weighted by molar-refractivity contribution is -0.158.